The van der Waals surface area contributed by atoms with E-state index in [1.54, 1.807) is 0 Å². The van der Waals surface area contributed by atoms with Crippen LogP contribution in [0.4, 0.5) is 0 Å². The summed E-state index contributed by atoms with van der Waals surface area (Å²) in [6.45, 7) is 2.65. The van der Waals surface area contributed by atoms with Gasteiger partial charge >= 0.3 is 0 Å². The van der Waals surface area contributed by atoms with Crippen LogP contribution in [0.3, 0.4) is 0 Å². The van der Waals surface area contributed by atoms with E-state index in [-0.39, 0.29) is 0 Å². The third-order valence-electron chi connectivity index (χ3n) is 2.31. The number of benzene rings is 2. The lowest BCUT2D eigenvalue weighted by atomic mass is 10.1. The molecule has 0 fully saturated rings. The van der Waals surface area contributed by atoms with Crippen LogP contribution in [-0.4, -0.2) is 0 Å². The molecule has 0 aliphatic heterocycles. The number of rotatable bonds is 3. The molecule has 2 aromatic rings. The van der Waals surface area contributed by atoms with Crippen molar-refractivity contribution in [3.8, 4) is 5.75 Å². The first-order valence-electron chi connectivity index (χ1n) is 5.00. The molecule has 0 amide bonds. The maximum Gasteiger partial charge on any atom is 0.119 e. The Labute approximate surface area is 90.3 Å². The van der Waals surface area contributed by atoms with Gasteiger partial charge in [0.15, 0.2) is 0 Å². The van der Waals surface area contributed by atoms with Gasteiger partial charge in [0.25, 0.3) is 0 Å². The molecule has 2 aromatic carbocycles. The van der Waals surface area contributed by atoms with Crippen molar-refractivity contribution in [2.24, 2.45) is 0 Å². The molecular formula is C14H13O. The third-order valence-corrected chi connectivity index (χ3v) is 2.31. The summed E-state index contributed by atoms with van der Waals surface area (Å²) < 4.78 is 5.65. The molecule has 0 heterocycles. The van der Waals surface area contributed by atoms with Crippen molar-refractivity contribution in [2.75, 3.05) is 0 Å². The largest absolute Gasteiger partial charge is 0.489 e. The lowest BCUT2D eigenvalue weighted by Gasteiger charge is -2.07. The van der Waals surface area contributed by atoms with Gasteiger partial charge in [0, 0.05) is 0 Å². The zero-order valence-corrected chi connectivity index (χ0v) is 8.73. The van der Waals surface area contributed by atoms with E-state index in [0.717, 1.165) is 11.3 Å². The molecule has 0 bridgehead atoms. The zero-order chi connectivity index (χ0) is 10.5. The van der Waals surface area contributed by atoms with E-state index >= 15 is 0 Å². The first-order valence-corrected chi connectivity index (χ1v) is 5.00. The van der Waals surface area contributed by atoms with E-state index in [9.17, 15) is 0 Å². The minimum Gasteiger partial charge on any atom is -0.489 e. The second-order valence-electron chi connectivity index (χ2n) is 3.42. The monoisotopic (exact) mass is 197 g/mol. The van der Waals surface area contributed by atoms with Crippen molar-refractivity contribution in [3.63, 3.8) is 0 Å². The van der Waals surface area contributed by atoms with Crippen LogP contribution < -0.4 is 4.74 Å². The molecule has 0 saturated carbocycles. The Morgan fingerprint density at radius 2 is 1.87 bits per heavy atom. The van der Waals surface area contributed by atoms with E-state index in [1.807, 2.05) is 49.4 Å². The Kier molecular flexibility index (Phi) is 3.03. The molecule has 0 aliphatic rings. The van der Waals surface area contributed by atoms with Gasteiger partial charge in [-0.25, -0.2) is 0 Å². The van der Waals surface area contributed by atoms with Crippen LogP contribution in [0.15, 0.2) is 48.5 Å². The van der Waals surface area contributed by atoms with Crippen LogP contribution in [-0.2, 0) is 6.61 Å². The number of ether oxygens (including phenoxy) is 1. The number of aryl methyl sites for hydroxylation is 1. The standard InChI is InChI=1S/C14H13O/c1-12-7-5-6-8-13(12)11-15-14-9-3-2-4-10-14/h2-6,8-10H,11H2,1H3. The summed E-state index contributed by atoms with van der Waals surface area (Å²) in [5, 5.41) is 0. The van der Waals surface area contributed by atoms with Crippen LogP contribution in [0.25, 0.3) is 0 Å². The van der Waals surface area contributed by atoms with Gasteiger partial charge in [0.1, 0.15) is 12.4 Å². The SMILES string of the molecule is Cc1[c]cccc1COc1ccccc1. The molecule has 0 saturated heterocycles. The average Bonchev–Trinajstić information content (AvgIpc) is 2.29. The van der Waals surface area contributed by atoms with Crippen molar-refractivity contribution in [3.05, 3.63) is 65.7 Å². The summed E-state index contributed by atoms with van der Waals surface area (Å²) in [6.07, 6.45) is 0. The fourth-order valence-corrected chi connectivity index (χ4v) is 1.39. The Balaban J connectivity index is 2.03. The summed E-state index contributed by atoms with van der Waals surface area (Å²) >= 11 is 0. The molecule has 2 rings (SSSR count). The second kappa shape index (κ2) is 4.65. The van der Waals surface area contributed by atoms with E-state index in [1.165, 1.54) is 5.56 Å². The molecule has 1 heteroatoms. The topological polar surface area (TPSA) is 9.23 Å². The summed E-state index contributed by atoms with van der Waals surface area (Å²) in [5.41, 5.74) is 2.33. The van der Waals surface area contributed by atoms with Gasteiger partial charge in [0.05, 0.1) is 0 Å². The zero-order valence-electron chi connectivity index (χ0n) is 8.73. The number of para-hydroxylation sites is 1. The smallest absolute Gasteiger partial charge is 0.119 e. The van der Waals surface area contributed by atoms with Crippen molar-refractivity contribution < 1.29 is 4.74 Å². The van der Waals surface area contributed by atoms with Crippen molar-refractivity contribution in [2.45, 2.75) is 13.5 Å². The van der Waals surface area contributed by atoms with Crippen LogP contribution >= 0.6 is 0 Å². The molecule has 75 valence electrons. The Bertz CT molecular complexity index is 420. The predicted octanol–water partition coefficient (Wildman–Crippen LogP) is 3.37. The lowest BCUT2D eigenvalue weighted by Crippen LogP contribution is -1.97. The highest BCUT2D eigenvalue weighted by atomic mass is 16.5. The molecule has 0 aromatic heterocycles. The van der Waals surface area contributed by atoms with Crippen molar-refractivity contribution >= 4 is 0 Å². The average molecular weight is 197 g/mol. The quantitative estimate of drug-likeness (QED) is 0.733. The Hall–Kier alpha value is -1.76. The third kappa shape index (κ3) is 2.59. The van der Waals surface area contributed by atoms with Gasteiger partial charge in [-0.2, -0.15) is 0 Å². The maximum absolute atomic E-state index is 5.65. The van der Waals surface area contributed by atoms with Crippen molar-refractivity contribution in [1.82, 2.24) is 0 Å². The van der Waals surface area contributed by atoms with Gasteiger partial charge < -0.3 is 4.74 Å². The highest BCUT2D eigenvalue weighted by Gasteiger charge is 1.97. The van der Waals surface area contributed by atoms with Gasteiger partial charge in [-0.3, -0.25) is 0 Å². The van der Waals surface area contributed by atoms with Crippen LogP contribution in [0.5, 0.6) is 5.75 Å². The van der Waals surface area contributed by atoms with Crippen molar-refractivity contribution in [1.29, 1.82) is 0 Å². The van der Waals surface area contributed by atoms with E-state index < -0.39 is 0 Å². The summed E-state index contributed by atoms with van der Waals surface area (Å²) in [6, 6.07) is 19.0. The van der Waals surface area contributed by atoms with Gasteiger partial charge in [-0.1, -0.05) is 36.4 Å². The normalized spacial score (nSPS) is 9.93. The predicted molar refractivity (Wildman–Crippen MR) is 60.8 cm³/mol. The Morgan fingerprint density at radius 3 is 2.60 bits per heavy atom. The Morgan fingerprint density at radius 1 is 1.07 bits per heavy atom. The molecule has 0 spiro atoms. The molecular weight excluding hydrogens is 184 g/mol. The van der Waals surface area contributed by atoms with E-state index in [0.29, 0.717) is 6.61 Å². The maximum atomic E-state index is 5.65. The van der Waals surface area contributed by atoms with Gasteiger partial charge in [-0.05, 0) is 36.2 Å². The molecule has 0 atom stereocenters. The van der Waals surface area contributed by atoms with Crippen LogP contribution in [0.1, 0.15) is 11.1 Å². The lowest BCUT2D eigenvalue weighted by molar-refractivity contribution is 0.305. The number of hydrogen-bond donors (Lipinski definition) is 0. The highest BCUT2D eigenvalue weighted by molar-refractivity contribution is 5.26. The first-order chi connectivity index (χ1) is 7.36. The summed E-state index contributed by atoms with van der Waals surface area (Å²) in [4.78, 5) is 0. The summed E-state index contributed by atoms with van der Waals surface area (Å²) in [5.74, 6) is 0.903. The molecule has 0 aliphatic carbocycles. The highest BCUT2D eigenvalue weighted by Crippen LogP contribution is 2.13. The molecule has 0 unspecified atom stereocenters. The second-order valence-corrected chi connectivity index (χ2v) is 3.42. The van der Waals surface area contributed by atoms with Gasteiger partial charge in [0.2, 0.25) is 0 Å². The molecule has 0 N–H and O–H groups in total. The van der Waals surface area contributed by atoms with Crippen LogP contribution in [0.2, 0.25) is 0 Å². The van der Waals surface area contributed by atoms with E-state index in [4.69, 9.17) is 4.74 Å². The number of hydrogen-bond acceptors (Lipinski definition) is 1. The fraction of sp³-hybridized carbons (Fsp3) is 0.143. The van der Waals surface area contributed by atoms with Crippen LogP contribution in [0, 0.1) is 13.0 Å². The first kappa shape index (κ1) is 9.78. The molecule has 15 heavy (non-hydrogen) atoms. The fourth-order valence-electron chi connectivity index (χ4n) is 1.39. The van der Waals surface area contributed by atoms with Gasteiger partial charge in [-0.15, -0.1) is 0 Å². The molecule has 1 radical (unpaired) electrons. The minimum atomic E-state index is 0.604. The summed E-state index contributed by atoms with van der Waals surface area (Å²) in [7, 11) is 0. The molecule has 1 nitrogen and oxygen atoms in total. The minimum absolute atomic E-state index is 0.604. The van der Waals surface area contributed by atoms with E-state index in [2.05, 4.69) is 12.1 Å².